The molecule has 0 bridgehead atoms. The number of carbonyl (C=O) groups excluding carboxylic acids is 1. The van der Waals surface area contributed by atoms with Gasteiger partial charge in [0.25, 0.3) is 5.91 Å². The standard InChI is InChI=1S/C13H17FN2O5S/c1-13(12(17)15-18,22(2,19)20)7-6-10-9-11(21-16-10)5-3-4-8-14/h9,18H,4,6-8H2,1-2H3,(H,15,17). The van der Waals surface area contributed by atoms with E-state index in [4.69, 9.17) is 9.73 Å². The van der Waals surface area contributed by atoms with Gasteiger partial charge in [-0.15, -0.1) is 0 Å². The number of amides is 1. The number of hydrogen-bond acceptors (Lipinski definition) is 6. The van der Waals surface area contributed by atoms with Gasteiger partial charge in [-0.05, 0) is 25.7 Å². The molecule has 0 spiro atoms. The van der Waals surface area contributed by atoms with E-state index >= 15 is 0 Å². The Kier molecular flexibility index (Phi) is 6.08. The molecule has 0 radical (unpaired) electrons. The second kappa shape index (κ2) is 7.38. The quantitative estimate of drug-likeness (QED) is 0.449. The summed E-state index contributed by atoms with van der Waals surface area (Å²) in [6, 6.07) is 1.49. The van der Waals surface area contributed by atoms with Crippen molar-refractivity contribution in [2.45, 2.75) is 30.9 Å². The predicted octanol–water partition coefficient (Wildman–Crippen LogP) is 0.627. The number of aromatic nitrogens is 1. The lowest BCUT2D eigenvalue weighted by molar-refractivity contribution is -0.131. The molecule has 1 heterocycles. The number of rotatable bonds is 6. The van der Waals surface area contributed by atoms with Gasteiger partial charge in [-0.2, -0.15) is 0 Å². The topological polar surface area (TPSA) is 110 Å². The Hall–Kier alpha value is -1.92. The molecule has 0 aliphatic heterocycles. The number of nitrogens with zero attached hydrogens (tertiary/aromatic N) is 1. The molecule has 1 amide bonds. The maximum atomic E-state index is 11.9. The Morgan fingerprint density at radius 3 is 2.82 bits per heavy atom. The summed E-state index contributed by atoms with van der Waals surface area (Å²) in [6.07, 6.45) is 1.03. The Morgan fingerprint density at radius 2 is 2.27 bits per heavy atom. The van der Waals surface area contributed by atoms with Crippen LogP contribution in [-0.2, 0) is 21.1 Å². The second-order valence-corrected chi connectivity index (χ2v) is 7.31. The third kappa shape index (κ3) is 4.29. The Morgan fingerprint density at radius 1 is 1.59 bits per heavy atom. The highest BCUT2D eigenvalue weighted by Crippen LogP contribution is 2.23. The summed E-state index contributed by atoms with van der Waals surface area (Å²) in [7, 11) is -3.76. The smallest absolute Gasteiger partial charge is 0.264 e. The average Bonchev–Trinajstić information content (AvgIpc) is 2.91. The molecule has 0 aromatic carbocycles. The van der Waals surface area contributed by atoms with Crippen LogP contribution in [0.3, 0.4) is 0 Å². The van der Waals surface area contributed by atoms with Crippen LogP contribution in [0.15, 0.2) is 10.6 Å². The monoisotopic (exact) mass is 332 g/mol. The maximum absolute atomic E-state index is 11.9. The van der Waals surface area contributed by atoms with Gasteiger partial charge in [-0.1, -0.05) is 11.1 Å². The Balaban J connectivity index is 2.83. The van der Waals surface area contributed by atoms with E-state index in [-0.39, 0.29) is 25.0 Å². The first kappa shape index (κ1) is 18.1. The number of sulfone groups is 1. The van der Waals surface area contributed by atoms with Crippen LogP contribution in [0, 0.1) is 11.8 Å². The molecule has 122 valence electrons. The fourth-order valence-corrected chi connectivity index (χ4v) is 2.49. The summed E-state index contributed by atoms with van der Waals surface area (Å²) < 4.78 is 38.6. The van der Waals surface area contributed by atoms with Gasteiger partial charge >= 0.3 is 0 Å². The number of hydrogen-bond donors (Lipinski definition) is 2. The molecular formula is C13H17FN2O5S. The Labute approximate surface area is 127 Å². The van der Waals surface area contributed by atoms with Crippen molar-refractivity contribution in [2.75, 3.05) is 12.9 Å². The van der Waals surface area contributed by atoms with Crippen molar-refractivity contribution in [1.29, 1.82) is 0 Å². The zero-order valence-corrected chi connectivity index (χ0v) is 13.0. The molecule has 1 atom stereocenters. The summed E-state index contributed by atoms with van der Waals surface area (Å²) >= 11 is 0. The summed E-state index contributed by atoms with van der Waals surface area (Å²) in [6.45, 7) is 0.660. The lowest BCUT2D eigenvalue weighted by atomic mass is 10.0. The van der Waals surface area contributed by atoms with Crippen molar-refractivity contribution in [1.82, 2.24) is 10.6 Å². The van der Waals surface area contributed by atoms with E-state index in [9.17, 15) is 17.6 Å². The highest BCUT2D eigenvalue weighted by atomic mass is 32.2. The molecule has 1 unspecified atom stereocenters. The van der Waals surface area contributed by atoms with Crippen LogP contribution in [0.1, 0.15) is 31.2 Å². The SMILES string of the molecule is CC(CCc1cc(C#CCCF)on1)(C(=O)NO)S(C)(=O)=O. The first-order chi connectivity index (χ1) is 10.2. The number of hydroxylamine groups is 1. The number of alkyl halides is 1. The van der Waals surface area contributed by atoms with Gasteiger partial charge in [0.1, 0.15) is 11.4 Å². The van der Waals surface area contributed by atoms with Crippen molar-refractivity contribution >= 4 is 15.7 Å². The maximum Gasteiger partial charge on any atom is 0.264 e. The summed E-state index contributed by atoms with van der Waals surface area (Å²) in [5.41, 5.74) is 1.78. The van der Waals surface area contributed by atoms with Crippen molar-refractivity contribution in [3.63, 3.8) is 0 Å². The number of nitrogens with one attached hydrogen (secondary N) is 1. The van der Waals surface area contributed by atoms with Crippen molar-refractivity contribution in [3.05, 3.63) is 17.5 Å². The summed E-state index contributed by atoms with van der Waals surface area (Å²) in [5.74, 6) is 4.33. The van der Waals surface area contributed by atoms with Gasteiger partial charge in [0, 0.05) is 18.7 Å². The van der Waals surface area contributed by atoms with Crippen LogP contribution in [-0.4, -0.2) is 42.4 Å². The van der Waals surface area contributed by atoms with Crippen LogP contribution < -0.4 is 5.48 Å². The van der Waals surface area contributed by atoms with Crippen LogP contribution in [0.2, 0.25) is 0 Å². The molecule has 9 heteroatoms. The molecule has 0 saturated carbocycles. The van der Waals surface area contributed by atoms with Gasteiger partial charge in [0.2, 0.25) is 5.76 Å². The van der Waals surface area contributed by atoms with E-state index < -0.39 is 27.2 Å². The van der Waals surface area contributed by atoms with Crippen LogP contribution in [0.4, 0.5) is 4.39 Å². The van der Waals surface area contributed by atoms with Crippen LogP contribution in [0.25, 0.3) is 0 Å². The van der Waals surface area contributed by atoms with E-state index in [0.717, 1.165) is 6.26 Å². The van der Waals surface area contributed by atoms with Crippen molar-refractivity contribution in [3.8, 4) is 11.8 Å². The fraction of sp³-hybridized carbons (Fsp3) is 0.538. The molecule has 1 rings (SSSR count). The molecule has 0 fully saturated rings. The van der Waals surface area contributed by atoms with Crippen molar-refractivity contribution < 1.29 is 27.3 Å². The Bertz CT molecular complexity index is 689. The minimum atomic E-state index is -3.76. The minimum Gasteiger partial charge on any atom is -0.347 e. The molecule has 0 aliphatic carbocycles. The second-order valence-electron chi connectivity index (χ2n) is 4.87. The van der Waals surface area contributed by atoms with Gasteiger partial charge in [0.05, 0.1) is 5.69 Å². The average molecular weight is 332 g/mol. The summed E-state index contributed by atoms with van der Waals surface area (Å²) in [5, 5.41) is 12.4. The fourth-order valence-electron chi connectivity index (χ4n) is 1.64. The molecule has 22 heavy (non-hydrogen) atoms. The number of aryl methyl sites for hydroxylation is 1. The molecule has 1 aromatic heterocycles. The summed E-state index contributed by atoms with van der Waals surface area (Å²) in [4.78, 5) is 11.6. The zero-order chi connectivity index (χ0) is 16.8. The lowest BCUT2D eigenvalue weighted by Crippen LogP contribution is -2.49. The van der Waals surface area contributed by atoms with Crippen LogP contribution >= 0.6 is 0 Å². The first-order valence-electron chi connectivity index (χ1n) is 6.39. The van der Waals surface area contributed by atoms with E-state index in [1.165, 1.54) is 18.5 Å². The van der Waals surface area contributed by atoms with E-state index in [1.54, 1.807) is 0 Å². The predicted molar refractivity (Wildman–Crippen MR) is 75.5 cm³/mol. The van der Waals surface area contributed by atoms with E-state index in [2.05, 4.69) is 17.0 Å². The van der Waals surface area contributed by atoms with E-state index in [1.807, 2.05) is 0 Å². The zero-order valence-electron chi connectivity index (χ0n) is 12.2. The highest BCUT2D eigenvalue weighted by Gasteiger charge is 2.43. The number of halogens is 1. The third-order valence-corrected chi connectivity index (χ3v) is 5.27. The minimum absolute atomic E-state index is 0.0822. The third-order valence-electron chi connectivity index (χ3n) is 3.25. The van der Waals surface area contributed by atoms with Gasteiger partial charge < -0.3 is 4.52 Å². The molecule has 1 aromatic rings. The van der Waals surface area contributed by atoms with Gasteiger partial charge in [-0.25, -0.2) is 13.9 Å². The normalized spacial score (nSPS) is 13.8. The highest BCUT2D eigenvalue weighted by molar-refractivity contribution is 7.92. The first-order valence-corrected chi connectivity index (χ1v) is 8.28. The largest absolute Gasteiger partial charge is 0.347 e. The molecule has 2 N–H and O–H groups in total. The molecule has 7 nitrogen and oxygen atoms in total. The molecule has 0 aliphatic rings. The van der Waals surface area contributed by atoms with Crippen LogP contribution in [0.5, 0.6) is 0 Å². The molecule has 0 saturated heterocycles. The number of carbonyl (C=O) groups is 1. The lowest BCUT2D eigenvalue weighted by Gasteiger charge is -2.24. The van der Waals surface area contributed by atoms with Gasteiger partial charge in [-0.3, -0.25) is 14.4 Å². The molecular weight excluding hydrogens is 315 g/mol. The van der Waals surface area contributed by atoms with Crippen molar-refractivity contribution in [2.24, 2.45) is 0 Å². The van der Waals surface area contributed by atoms with Gasteiger partial charge in [0.15, 0.2) is 9.84 Å². The van der Waals surface area contributed by atoms with E-state index in [0.29, 0.717) is 5.69 Å².